The van der Waals surface area contributed by atoms with Gasteiger partial charge in [-0.05, 0) is 52.0 Å². The fraction of sp³-hybridized carbons (Fsp3) is 0.455. The Balaban J connectivity index is 1.51. The summed E-state index contributed by atoms with van der Waals surface area (Å²) in [4.78, 5) is 27.7. The van der Waals surface area contributed by atoms with Crippen molar-refractivity contribution in [2.75, 3.05) is 30.3 Å². The normalized spacial score (nSPS) is 19.9. The van der Waals surface area contributed by atoms with Crippen LogP contribution in [0.3, 0.4) is 0 Å². The molecule has 1 fully saturated rings. The first kappa shape index (κ1) is 22.3. The van der Waals surface area contributed by atoms with Crippen molar-refractivity contribution in [2.24, 2.45) is 0 Å². The third-order valence-electron chi connectivity index (χ3n) is 5.06. The predicted molar refractivity (Wildman–Crippen MR) is 121 cm³/mol. The summed E-state index contributed by atoms with van der Waals surface area (Å²) in [5.41, 5.74) is 0.522. The molecule has 1 aromatic carbocycles. The van der Waals surface area contributed by atoms with Crippen molar-refractivity contribution in [1.82, 2.24) is 10.2 Å². The Hall–Kier alpha value is -2.42. The maximum absolute atomic E-state index is 12.6. The summed E-state index contributed by atoms with van der Waals surface area (Å²) in [5.74, 6) is -0.140. The van der Waals surface area contributed by atoms with E-state index in [1.54, 1.807) is 12.1 Å². The highest BCUT2D eigenvalue weighted by atomic mass is 32.1. The Kier molecular flexibility index (Phi) is 7.12. The lowest BCUT2D eigenvalue weighted by Crippen LogP contribution is -2.58. The molecule has 0 aliphatic carbocycles. The van der Waals surface area contributed by atoms with E-state index in [2.05, 4.69) is 48.5 Å². The zero-order valence-electron chi connectivity index (χ0n) is 17.9. The third kappa shape index (κ3) is 6.04. The Bertz CT molecular complexity index is 858. The number of nitrogens with zero attached hydrogens (tertiary/aromatic N) is 1. The van der Waals surface area contributed by atoms with Crippen LogP contribution in [0.5, 0.6) is 0 Å². The number of hydrogen-bond acceptors (Lipinski definition) is 5. The second-order valence-electron chi connectivity index (χ2n) is 8.27. The number of hydrogen-bond donors (Lipinski definition) is 3. The summed E-state index contributed by atoms with van der Waals surface area (Å²) < 4.78 is 5.81. The molecule has 1 aromatic heterocycles. The molecule has 2 unspecified atom stereocenters. The van der Waals surface area contributed by atoms with Crippen LogP contribution in [0.4, 0.5) is 15.5 Å². The fourth-order valence-corrected chi connectivity index (χ4v) is 4.31. The highest BCUT2D eigenvalue weighted by molar-refractivity contribution is 7.18. The SMILES string of the molecule is CC1CN(C(C)(C)CNC(=O)c2ccc(NC(=O)Nc3ccccc3)s2)CC(C)O1. The maximum Gasteiger partial charge on any atom is 0.324 e. The Morgan fingerprint density at radius 2 is 1.73 bits per heavy atom. The quantitative estimate of drug-likeness (QED) is 0.647. The molecule has 3 amide bonds. The molecule has 0 radical (unpaired) electrons. The van der Waals surface area contributed by atoms with E-state index in [-0.39, 0.29) is 29.7 Å². The molecule has 2 aromatic rings. The van der Waals surface area contributed by atoms with Crippen LogP contribution in [0.2, 0.25) is 0 Å². The van der Waals surface area contributed by atoms with Gasteiger partial charge in [-0.3, -0.25) is 15.0 Å². The van der Waals surface area contributed by atoms with Gasteiger partial charge in [0.15, 0.2) is 0 Å². The smallest absolute Gasteiger partial charge is 0.324 e. The molecular weight excluding hydrogens is 400 g/mol. The maximum atomic E-state index is 12.6. The summed E-state index contributed by atoms with van der Waals surface area (Å²) in [7, 11) is 0. The molecule has 1 aliphatic heterocycles. The molecule has 2 heterocycles. The summed E-state index contributed by atoms with van der Waals surface area (Å²) in [6.07, 6.45) is 0.355. The van der Waals surface area contributed by atoms with E-state index in [1.807, 2.05) is 30.3 Å². The number of rotatable bonds is 6. The van der Waals surface area contributed by atoms with Crippen LogP contribution in [0.15, 0.2) is 42.5 Å². The molecule has 7 nitrogen and oxygen atoms in total. The molecule has 3 N–H and O–H groups in total. The Morgan fingerprint density at radius 1 is 1.07 bits per heavy atom. The number of urea groups is 1. The number of amides is 3. The molecule has 0 spiro atoms. The molecule has 162 valence electrons. The average molecular weight is 431 g/mol. The lowest BCUT2D eigenvalue weighted by Gasteiger charge is -2.45. The molecular formula is C22H30N4O3S. The predicted octanol–water partition coefficient (Wildman–Crippen LogP) is 4.01. The first-order valence-corrected chi connectivity index (χ1v) is 11.0. The monoisotopic (exact) mass is 430 g/mol. The van der Waals surface area contributed by atoms with Crippen molar-refractivity contribution >= 4 is 34.0 Å². The van der Waals surface area contributed by atoms with Crippen molar-refractivity contribution in [3.8, 4) is 0 Å². The van der Waals surface area contributed by atoms with Crippen molar-refractivity contribution in [3.05, 3.63) is 47.3 Å². The van der Waals surface area contributed by atoms with E-state index in [9.17, 15) is 9.59 Å². The summed E-state index contributed by atoms with van der Waals surface area (Å²) in [6, 6.07) is 12.3. The number of para-hydroxylation sites is 1. The van der Waals surface area contributed by atoms with Crippen LogP contribution in [-0.4, -0.2) is 54.2 Å². The van der Waals surface area contributed by atoms with Crippen LogP contribution in [0.25, 0.3) is 0 Å². The standard InChI is InChI=1S/C22H30N4O3S/c1-15-12-26(13-16(2)29-15)22(3,4)14-23-20(27)18-10-11-19(30-18)25-21(28)24-17-8-6-5-7-9-17/h5-11,15-16H,12-14H2,1-4H3,(H,23,27)(H2,24,25,28). The Morgan fingerprint density at radius 3 is 2.40 bits per heavy atom. The van der Waals surface area contributed by atoms with Gasteiger partial charge in [0, 0.05) is 30.9 Å². The number of morpholine rings is 1. The number of benzene rings is 1. The van der Waals surface area contributed by atoms with Crippen LogP contribution in [-0.2, 0) is 4.74 Å². The van der Waals surface area contributed by atoms with Gasteiger partial charge in [-0.15, -0.1) is 11.3 Å². The highest BCUT2D eigenvalue weighted by Crippen LogP contribution is 2.24. The van der Waals surface area contributed by atoms with Crippen LogP contribution >= 0.6 is 11.3 Å². The minimum Gasteiger partial charge on any atom is -0.373 e. The number of carbonyl (C=O) groups excluding carboxylic acids is 2. The molecule has 0 bridgehead atoms. The molecule has 0 saturated carbocycles. The lowest BCUT2D eigenvalue weighted by molar-refractivity contribution is -0.0948. The van der Waals surface area contributed by atoms with Gasteiger partial charge in [0.05, 0.1) is 22.1 Å². The highest BCUT2D eigenvalue weighted by Gasteiger charge is 2.33. The lowest BCUT2D eigenvalue weighted by atomic mass is 10.00. The van der Waals surface area contributed by atoms with E-state index in [4.69, 9.17) is 4.74 Å². The minimum absolute atomic E-state index is 0.140. The number of anilines is 2. The van der Waals surface area contributed by atoms with Gasteiger partial charge in [-0.2, -0.15) is 0 Å². The minimum atomic E-state index is -0.341. The second-order valence-corrected chi connectivity index (χ2v) is 9.35. The largest absolute Gasteiger partial charge is 0.373 e. The van der Waals surface area contributed by atoms with E-state index in [0.717, 1.165) is 13.1 Å². The third-order valence-corrected chi connectivity index (χ3v) is 6.05. The summed E-state index contributed by atoms with van der Waals surface area (Å²) in [5, 5.41) is 9.17. The van der Waals surface area contributed by atoms with Crippen molar-refractivity contribution in [1.29, 1.82) is 0 Å². The fourth-order valence-electron chi connectivity index (χ4n) is 3.49. The van der Waals surface area contributed by atoms with Crippen molar-refractivity contribution < 1.29 is 14.3 Å². The van der Waals surface area contributed by atoms with Crippen LogP contribution in [0.1, 0.15) is 37.4 Å². The molecule has 8 heteroatoms. The molecule has 30 heavy (non-hydrogen) atoms. The topological polar surface area (TPSA) is 82.7 Å². The van der Waals surface area contributed by atoms with Crippen LogP contribution < -0.4 is 16.0 Å². The number of carbonyl (C=O) groups is 2. The van der Waals surface area contributed by atoms with Gasteiger partial charge in [0.2, 0.25) is 0 Å². The van der Waals surface area contributed by atoms with E-state index in [1.165, 1.54) is 11.3 Å². The molecule has 3 rings (SSSR count). The summed E-state index contributed by atoms with van der Waals surface area (Å²) in [6.45, 7) is 10.6. The first-order valence-electron chi connectivity index (χ1n) is 10.1. The van der Waals surface area contributed by atoms with Gasteiger partial charge < -0.3 is 15.4 Å². The number of thiophene rings is 1. The van der Waals surface area contributed by atoms with E-state index >= 15 is 0 Å². The molecule has 1 aliphatic rings. The van der Waals surface area contributed by atoms with Gasteiger partial charge in [-0.25, -0.2) is 4.79 Å². The average Bonchev–Trinajstić information content (AvgIpc) is 3.14. The number of nitrogens with one attached hydrogen (secondary N) is 3. The van der Waals surface area contributed by atoms with Crippen molar-refractivity contribution in [2.45, 2.75) is 45.4 Å². The summed E-state index contributed by atoms with van der Waals surface area (Å²) >= 11 is 1.25. The first-order chi connectivity index (χ1) is 14.2. The van der Waals surface area contributed by atoms with Crippen LogP contribution in [0, 0.1) is 0 Å². The zero-order chi connectivity index (χ0) is 21.7. The Labute approximate surface area is 181 Å². The van der Waals surface area contributed by atoms with E-state index in [0.29, 0.717) is 22.1 Å². The zero-order valence-corrected chi connectivity index (χ0v) is 18.7. The number of ether oxygens (including phenoxy) is 1. The molecule has 2 atom stereocenters. The second kappa shape index (κ2) is 9.59. The van der Waals surface area contributed by atoms with Gasteiger partial charge in [-0.1, -0.05) is 18.2 Å². The molecule has 1 saturated heterocycles. The van der Waals surface area contributed by atoms with Gasteiger partial charge >= 0.3 is 6.03 Å². The van der Waals surface area contributed by atoms with Gasteiger partial charge in [0.1, 0.15) is 0 Å². The van der Waals surface area contributed by atoms with E-state index < -0.39 is 0 Å². The van der Waals surface area contributed by atoms with Gasteiger partial charge in [0.25, 0.3) is 5.91 Å². The van der Waals surface area contributed by atoms with Crippen molar-refractivity contribution in [3.63, 3.8) is 0 Å².